The quantitative estimate of drug-likeness (QED) is 0.444. The molecule has 0 bridgehead atoms. The summed E-state index contributed by atoms with van der Waals surface area (Å²) in [6, 6.07) is 0. The second-order valence-electron chi connectivity index (χ2n) is 3.02. The molecule has 1 atom stereocenters. The summed E-state index contributed by atoms with van der Waals surface area (Å²) in [5.74, 6) is 0. The van der Waals surface area contributed by atoms with Crippen molar-refractivity contribution >= 4 is 0 Å². The van der Waals surface area contributed by atoms with Crippen molar-refractivity contribution in [3.63, 3.8) is 0 Å². The summed E-state index contributed by atoms with van der Waals surface area (Å²) in [5.41, 5.74) is 0. The van der Waals surface area contributed by atoms with E-state index in [0.717, 1.165) is 32.1 Å². The predicted octanol–water partition coefficient (Wildman–Crippen LogP) is 2.89. The van der Waals surface area contributed by atoms with E-state index in [1.54, 1.807) is 0 Å². The zero-order valence-electron chi connectivity index (χ0n) is 7.55. The van der Waals surface area contributed by atoms with Gasteiger partial charge in [0.2, 0.25) is 0 Å². The number of rotatable bonds is 7. The van der Waals surface area contributed by atoms with E-state index in [9.17, 15) is 5.11 Å². The van der Waals surface area contributed by atoms with E-state index in [-0.39, 0.29) is 6.10 Å². The predicted molar refractivity (Wildman–Crippen MR) is 49.6 cm³/mol. The number of hydrogen-bond acceptors (Lipinski definition) is 1. The number of aliphatic hydroxyl groups is 1. The maximum Gasteiger partial charge on any atom is 0.0540 e. The SMILES string of the molecule is C=CCCCC(O)CCCC. The summed E-state index contributed by atoms with van der Waals surface area (Å²) in [7, 11) is 0. The average Bonchev–Trinajstić information content (AvgIpc) is 2.01. The first-order valence-corrected chi connectivity index (χ1v) is 4.60. The Labute approximate surface area is 70.1 Å². The molecule has 11 heavy (non-hydrogen) atoms. The van der Waals surface area contributed by atoms with Crippen LogP contribution in [0.15, 0.2) is 12.7 Å². The lowest BCUT2D eigenvalue weighted by molar-refractivity contribution is 0.149. The molecule has 0 aliphatic carbocycles. The van der Waals surface area contributed by atoms with Crippen molar-refractivity contribution in [3.05, 3.63) is 12.7 Å². The third kappa shape index (κ3) is 7.60. The van der Waals surface area contributed by atoms with Gasteiger partial charge in [0.1, 0.15) is 0 Å². The fourth-order valence-electron chi connectivity index (χ4n) is 1.08. The highest BCUT2D eigenvalue weighted by Crippen LogP contribution is 2.07. The Morgan fingerprint density at radius 2 is 2.00 bits per heavy atom. The van der Waals surface area contributed by atoms with E-state index in [1.165, 1.54) is 6.42 Å². The van der Waals surface area contributed by atoms with Crippen molar-refractivity contribution in [1.29, 1.82) is 0 Å². The van der Waals surface area contributed by atoms with Crippen LogP contribution in [0.3, 0.4) is 0 Å². The molecule has 1 heteroatoms. The van der Waals surface area contributed by atoms with E-state index in [0.29, 0.717) is 0 Å². The molecule has 0 aliphatic heterocycles. The van der Waals surface area contributed by atoms with E-state index in [4.69, 9.17) is 0 Å². The summed E-state index contributed by atoms with van der Waals surface area (Å²) >= 11 is 0. The molecule has 0 aromatic rings. The van der Waals surface area contributed by atoms with Crippen LogP contribution in [0.5, 0.6) is 0 Å². The van der Waals surface area contributed by atoms with Crippen LogP contribution in [0.25, 0.3) is 0 Å². The highest BCUT2D eigenvalue weighted by atomic mass is 16.3. The van der Waals surface area contributed by atoms with Crippen LogP contribution in [0, 0.1) is 0 Å². The minimum Gasteiger partial charge on any atom is -0.393 e. The molecule has 0 aliphatic rings. The van der Waals surface area contributed by atoms with Gasteiger partial charge in [0, 0.05) is 0 Å². The van der Waals surface area contributed by atoms with Crippen LogP contribution in [0.4, 0.5) is 0 Å². The van der Waals surface area contributed by atoms with Gasteiger partial charge in [0.15, 0.2) is 0 Å². The lowest BCUT2D eigenvalue weighted by Gasteiger charge is -2.07. The molecule has 0 aromatic carbocycles. The molecule has 0 radical (unpaired) electrons. The molecule has 0 amide bonds. The summed E-state index contributed by atoms with van der Waals surface area (Å²) < 4.78 is 0. The van der Waals surface area contributed by atoms with Crippen molar-refractivity contribution in [3.8, 4) is 0 Å². The molecule has 0 aromatic heterocycles. The first-order chi connectivity index (χ1) is 5.31. The molecular weight excluding hydrogens is 136 g/mol. The lowest BCUT2D eigenvalue weighted by atomic mass is 10.1. The molecule has 66 valence electrons. The highest BCUT2D eigenvalue weighted by molar-refractivity contribution is 4.67. The minimum atomic E-state index is -0.0742. The maximum absolute atomic E-state index is 9.37. The van der Waals surface area contributed by atoms with Crippen LogP contribution in [0.2, 0.25) is 0 Å². The van der Waals surface area contributed by atoms with E-state index < -0.39 is 0 Å². The van der Waals surface area contributed by atoms with Gasteiger partial charge in [-0.3, -0.25) is 0 Å². The van der Waals surface area contributed by atoms with Crippen molar-refractivity contribution < 1.29 is 5.11 Å². The lowest BCUT2D eigenvalue weighted by Crippen LogP contribution is -2.05. The molecule has 0 fully saturated rings. The topological polar surface area (TPSA) is 20.2 Å². The first-order valence-electron chi connectivity index (χ1n) is 4.60. The van der Waals surface area contributed by atoms with Gasteiger partial charge in [-0.2, -0.15) is 0 Å². The molecule has 1 unspecified atom stereocenters. The van der Waals surface area contributed by atoms with Crippen LogP contribution < -0.4 is 0 Å². The van der Waals surface area contributed by atoms with Gasteiger partial charge in [0.25, 0.3) is 0 Å². The van der Waals surface area contributed by atoms with Crippen LogP contribution in [-0.4, -0.2) is 11.2 Å². The molecule has 1 nitrogen and oxygen atoms in total. The fraction of sp³-hybridized carbons (Fsp3) is 0.800. The Hall–Kier alpha value is -0.300. The van der Waals surface area contributed by atoms with Gasteiger partial charge in [-0.05, 0) is 25.7 Å². The molecule has 0 spiro atoms. The van der Waals surface area contributed by atoms with E-state index in [2.05, 4.69) is 13.5 Å². The molecule has 0 heterocycles. The Morgan fingerprint density at radius 1 is 1.36 bits per heavy atom. The van der Waals surface area contributed by atoms with E-state index in [1.807, 2.05) is 6.08 Å². The number of aliphatic hydroxyl groups excluding tert-OH is 1. The highest BCUT2D eigenvalue weighted by Gasteiger charge is 2.00. The van der Waals surface area contributed by atoms with Gasteiger partial charge in [-0.25, -0.2) is 0 Å². The largest absolute Gasteiger partial charge is 0.393 e. The fourth-order valence-corrected chi connectivity index (χ4v) is 1.08. The second-order valence-corrected chi connectivity index (χ2v) is 3.02. The Bertz CT molecular complexity index is 88.9. The molecular formula is C10H20O. The smallest absolute Gasteiger partial charge is 0.0540 e. The van der Waals surface area contributed by atoms with Gasteiger partial charge in [0.05, 0.1) is 6.10 Å². The molecule has 1 N–H and O–H groups in total. The minimum absolute atomic E-state index is 0.0742. The van der Waals surface area contributed by atoms with Crippen LogP contribution in [-0.2, 0) is 0 Å². The van der Waals surface area contributed by atoms with Gasteiger partial charge in [-0.1, -0.05) is 25.8 Å². The zero-order chi connectivity index (χ0) is 8.53. The summed E-state index contributed by atoms with van der Waals surface area (Å²) in [4.78, 5) is 0. The summed E-state index contributed by atoms with van der Waals surface area (Å²) in [6.45, 7) is 5.79. The molecule has 0 saturated carbocycles. The Kier molecular flexibility index (Phi) is 7.59. The van der Waals surface area contributed by atoms with Crippen molar-refractivity contribution in [2.24, 2.45) is 0 Å². The second kappa shape index (κ2) is 7.80. The third-order valence-electron chi connectivity index (χ3n) is 1.84. The van der Waals surface area contributed by atoms with Crippen LogP contribution >= 0.6 is 0 Å². The molecule has 0 rings (SSSR count). The third-order valence-corrected chi connectivity index (χ3v) is 1.84. The van der Waals surface area contributed by atoms with Gasteiger partial charge in [-0.15, -0.1) is 6.58 Å². The Balaban J connectivity index is 3.08. The van der Waals surface area contributed by atoms with Gasteiger partial charge >= 0.3 is 0 Å². The maximum atomic E-state index is 9.37. The van der Waals surface area contributed by atoms with Crippen molar-refractivity contribution in [2.45, 2.75) is 51.6 Å². The van der Waals surface area contributed by atoms with Crippen LogP contribution in [0.1, 0.15) is 45.4 Å². The normalized spacial score (nSPS) is 12.9. The first kappa shape index (κ1) is 10.7. The van der Waals surface area contributed by atoms with Crippen molar-refractivity contribution in [2.75, 3.05) is 0 Å². The summed E-state index contributed by atoms with van der Waals surface area (Å²) in [6.07, 6.45) is 8.17. The monoisotopic (exact) mass is 156 g/mol. The van der Waals surface area contributed by atoms with Gasteiger partial charge < -0.3 is 5.11 Å². The number of hydrogen-bond donors (Lipinski definition) is 1. The van der Waals surface area contributed by atoms with Crippen molar-refractivity contribution in [1.82, 2.24) is 0 Å². The summed E-state index contributed by atoms with van der Waals surface area (Å²) in [5, 5.41) is 9.37. The molecule has 0 saturated heterocycles. The number of unbranched alkanes of at least 4 members (excludes halogenated alkanes) is 2. The average molecular weight is 156 g/mol. The number of allylic oxidation sites excluding steroid dienone is 1. The van der Waals surface area contributed by atoms with E-state index >= 15 is 0 Å². The zero-order valence-corrected chi connectivity index (χ0v) is 7.55. The Morgan fingerprint density at radius 3 is 2.55 bits per heavy atom. The standard InChI is InChI=1S/C10H20O/c1-3-5-7-9-10(11)8-6-4-2/h3,10-11H,1,4-9H2,2H3.